The molecule has 0 aromatic carbocycles. The Morgan fingerprint density at radius 3 is 2.43 bits per heavy atom. The van der Waals surface area contributed by atoms with Crippen LogP contribution in [-0.4, -0.2) is 53.4 Å². The molecule has 2 aliphatic heterocycles. The van der Waals surface area contributed by atoms with Gasteiger partial charge in [-0.15, -0.1) is 0 Å². The summed E-state index contributed by atoms with van der Waals surface area (Å²) in [6.07, 6.45) is 7.92. The summed E-state index contributed by atoms with van der Waals surface area (Å²) in [5.74, 6) is 0.239. The van der Waals surface area contributed by atoms with Gasteiger partial charge in [-0.2, -0.15) is 22.1 Å². The van der Waals surface area contributed by atoms with Gasteiger partial charge in [0.05, 0.1) is 0 Å². The third kappa shape index (κ3) is 3.30. The molecule has 0 saturated carbocycles. The van der Waals surface area contributed by atoms with Crippen LogP contribution in [0.3, 0.4) is 0 Å². The van der Waals surface area contributed by atoms with Crippen LogP contribution >= 0.6 is 0 Å². The van der Waals surface area contributed by atoms with E-state index in [2.05, 4.69) is 10.2 Å². The minimum atomic E-state index is -3.30. The minimum Gasteiger partial charge on any atom is -0.282 e. The fourth-order valence-corrected chi connectivity index (χ4v) is 5.11. The van der Waals surface area contributed by atoms with Crippen LogP contribution < -0.4 is 0 Å². The molecule has 0 radical (unpaired) electrons. The first-order valence-corrected chi connectivity index (χ1v) is 9.32. The van der Waals surface area contributed by atoms with Gasteiger partial charge in [-0.1, -0.05) is 12.8 Å². The molecule has 1 aromatic heterocycles. The zero-order valence-electron chi connectivity index (χ0n) is 12.4. The first-order chi connectivity index (χ1) is 10.2. The zero-order valence-corrected chi connectivity index (χ0v) is 13.2. The molecule has 2 saturated heterocycles. The first kappa shape index (κ1) is 15.0. The van der Waals surface area contributed by atoms with Gasteiger partial charge < -0.3 is 0 Å². The number of H-pyrrole nitrogens is 1. The van der Waals surface area contributed by atoms with Crippen molar-refractivity contribution in [2.45, 2.75) is 44.4 Å². The molecule has 3 rings (SSSR count). The highest BCUT2D eigenvalue weighted by atomic mass is 32.2. The molecule has 1 unspecified atom stereocenters. The van der Waals surface area contributed by atoms with Crippen molar-refractivity contribution in [3.05, 3.63) is 18.0 Å². The summed E-state index contributed by atoms with van der Waals surface area (Å²) in [6.45, 7) is 2.56. The Balaban J connectivity index is 1.72. The van der Waals surface area contributed by atoms with Gasteiger partial charge in [0.1, 0.15) is 0 Å². The molecule has 0 bridgehead atoms. The van der Waals surface area contributed by atoms with E-state index in [0.29, 0.717) is 26.2 Å². The maximum Gasteiger partial charge on any atom is 0.281 e. The van der Waals surface area contributed by atoms with Gasteiger partial charge in [-0.25, -0.2) is 0 Å². The number of nitrogens with zero attached hydrogens (tertiary/aromatic N) is 3. The minimum absolute atomic E-state index is 0.239. The summed E-state index contributed by atoms with van der Waals surface area (Å²) in [4.78, 5) is 0. The van der Waals surface area contributed by atoms with Crippen LogP contribution in [-0.2, 0) is 10.2 Å². The largest absolute Gasteiger partial charge is 0.282 e. The molecule has 1 aromatic rings. The van der Waals surface area contributed by atoms with Crippen molar-refractivity contribution in [2.24, 2.45) is 0 Å². The van der Waals surface area contributed by atoms with Gasteiger partial charge in [-0.3, -0.25) is 5.10 Å². The van der Waals surface area contributed by atoms with E-state index in [1.807, 2.05) is 6.07 Å². The lowest BCUT2D eigenvalue weighted by atomic mass is 9.96. The molecule has 7 heteroatoms. The molecule has 21 heavy (non-hydrogen) atoms. The van der Waals surface area contributed by atoms with Crippen molar-refractivity contribution < 1.29 is 8.42 Å². The Labute approximate surface area is 126 Å². The molecule has 2 aliphatic rings. The van der Waals surface area contributed by atoms with E-state index in [1.165, 1.54) is 0 Å². The molecule has 118 valence electrons. The molecule has 6 nitrogen and oxygen atoms in total. The molecular weight excluding hydrogens is 288 g/mol. The Morgan fingerprint density at radius 1 is 1.05 bits per heavy atom. The Hall–Kier alpha value is -0.920. The molecule has 1 atom stereocenters. The lowest BCUT2D eigenvalue weighted by molar-refractivity contribution is 0.282. The van der Waals surface area contributed by atoms with Crippen LogP contribution in [0.5, 0.6) is 0 Å². The maximum atomic E-state index is 12.8. The molecular formula is C14H24N4O2S. The molecule has 0 amide bonds. The normalized spacial score (nSPS) is 26.6. The number of aromatic nitrogens is 2. The van der Waals surface area contributed by atoms with E-state index < -0.39 is 10.2 Å². The Kier molecular flexibility index (Phi) is 4.61. The summed E-state index contributed by atoms with van der Waals surface area (Å²) >= 11 is 0. The van der Waals surface area contributed by atoms with Gasteiger partial charge in [0, 0.05) is 44.0 Å². The van der Waals surface area contributed by atoms with E-state index in [1.54, 1.807) is 14.8 Å². The number of hydrogen-bond donors (Lipinski definition) is 1. The summed E-state index contributed by atoms with van der Waals surface area (Å²) in [6, 6.07) is 1.95. The van der Waals surface area contributed by atoms with Gasteiger partial charge >= 0.3 is 0 Å². The van der Waals surface area contributed by atoms with E-state index in [4.69, 9.17) is 0 Å². The van der Waals surface area contributed by atoms with Crippen molar-refractivity contribution in [2.75, 3.05) is 26.2 Å². The second kappa shape index (κ2) is 6.46. The van der Waals surface area contributed by atoms with Crippen LogP contribution in [0.15, 0.2) is 12.3 Å². The van der Waals surface area contributed by atoms with Gasteiger partial charge in [0.25, 0.3) is 10.2 Å². The number of hydrogen-bond acceptors (Lipinski definition) is 3. The van der Waals surface area contributed by atoms with Gasteiger partial charge in [0.15, 0.2) is 0 Å². The summed E-state index contributed by atoms with van der Waals surface area (Å²) in [5, 5.41) is 6.97. The lowest BCUT2D eigenvalue weighted by Crippen LogP contribution is -2.47. The molecule has 0 aliphatic carbocycles. The Bertz CT molecular complexity index is 535. The smallest absolute Gasteiger partial charge is 0.281 e. The average molecular weight is 312 g/mol. The van der Waals surface area contributed by atoms with Crippen LogP contribution in [0, 0.1) is 0 Å². The van der Waals surface area contributed by atoms with Crippen molar-refractivity contribution in [1.82, 2.24) is 18.8 Å². The maximum absolute atomic E-state index is 12.8. The lowest BCUT2D eigenvalue weighted by Gasteiger charge is -2.34. The fourth-order valence-electron chi connectivity index (χ4n) is 3.34. The number of rotatable bonds is 3. The average Bonchev–Trinajstić information content (AvgIpc) is 2.89. The molecule has 3 heterocycles. The Morgan fingerprint density at radius 2 is 1.76 bits per heavy atom. The third-order valence-corrected chi connectivity index (χ3v) is 6.57. The molecule has 0 spiro atoms. The first-order valence-electron chi connectivity index (χ1n) is 7.92. The highest BCUT2D eigenvalue weighted by Gasteiger charge is 2.34. The molecule has 2 fully saturated rings. The standard InChI is InChI=1S/C14H24N4O2S/c19-21(20,17-9-3-1-2-4-10-17)18-11-5-6-13(12-18)14-7-8-15-16-14/h7-8,13H,1-6,9-12H2,(H,15,16). The summed E-state index contributed by atoms with van der Waals surface area (Å²) in [5.41, 5.74) is 1.05. The van der Waals surface area contributed by atoms with Gasteiger partial charge in [0.2, 0.25) is 0 Å². The van der Waals surface area contributed by atoms with Crippen LogP contribution in [0.2, 0.25) is 0 Å². The number of piperidine rings is 1. The van der Waals surface area contributed by atoms with E-state index >= 15 is 0 Å². The zero-order chi connectivity index (χ0) is 14.7. The quantitative estimate of drug-likeness (QED) is 0.924. The van der Waals surface area contributed by atoms with Crippen molar-refractivity contribution in [3.63, 3.8) is 0 Å². The second-order valence-corrected chi connectivity index (χ2v) is 7.96. The number of nitrogens with one attached hydrogen (secondary N) is 1. The molecule has 1 N–H and O–H groups in total. The van der Waals surface area contributed by atoms with Crippen LogP contribution in [0.25, 0.3) is 0 Å². The van der Waals surface area contributed by atoms with Crippen molar-refractivity contribution >= 4 is 10.2 Å². The van der Waals surface area contributed by atoms with Crippen molar-refractivity contribution in [3.8, 4) is 0 Å². The summed E-state index contributed by atoms with van der Waals surface area (Å²) in [7, 11) is -3.30. The second-order valence-electron chi connectivity index (χ2n) is 6.03. The fraction of sp³-hybridized carbons (Fsp3) is 0.786. The highest BCUT2D eigenvalue weighted by molar-refractivity contribution is 7.86. The van der Waals surface area contributed by atoms with Gasteiger partial charge in [-0.05, 0) is 31.7 Å². The SMILES string of the molecule is O=S(=O)(N1CCCCCC1)N1CCCC(c2ccn[nH]2)C1. The predicted octanol–water partition coefficient (Wildman–Crippen LogP) is 1.71. The van der Waals surface area contributed by atoms with E-state index in [-0.39, 0.29) is 5.92 Å². The van der Waals surface area contributed by atoms with E-state index in [0.717, 1.165) is 44.2 Å². The monoisotopic (exact) mass is 312 g/mol. The predicted molar refractivity (Wildman–Crippen MR) is 81.1 cm³/mol. The topological polar surface area (TPSA) is 69.3 Å². The third-order valence-electron chi connectivity index (χ3n) is 4.56. The number of aromatic amines is 1. The highest BCUT2D eigenvalue weighted by Crippen LogP contribution is 2.28. The van der Waals surface area contributed by atoms with Crippen LogP contribution in [0.1, 0.15) is 50.1 Å². The van der Waals surface area contributed by atoms with Crippen molar-refractivity contribution in [1.29, 1.82) is 0 Å². The van der Waals surface area contributed by atoms with E-state index in [9.17, 15) is 8.42 Å². The summed E-state index contributed by atoms with van der Waals surface area (Å²) < 4.78 is 29.0. The van der Waals surface area contributed by atoms with Crippen LogP contribution in [0.4, 0.5) is 0 Å².